The third kappa shape index (κ3) is 1.15. The largest absolute Gasteiger partial charge is 0.339 e. The zero-order valence-corrected chi connectivity index (χ0v) is 8.03. The number of ether oxygens (including phenoxy) is 4. The lowest BCUT2D eigenvalue weighted by atomic mass is 10.1. The van der Waals surface area contributed by atoms with Crippen molar-refractivity contribution in [1.82, 2.24) is 0 Å². The van der Waals surface area contributed by atoms with Gasteiger partial charge in [-0.1, -0.05) is 13.2 Å². The monoisotopic (exact) mass is 198 g/mol. The van der Waals surface area contributed by atoms with E-state index in [1.54, 1.807) is 12.2 Å². The van der Waals surface area contributed by atoms with Crippen molar-refractivity contribution >= 4 is 0 Å². The van der Waals surface area contributed by atoms with E-state index < -0.39 is 11.6 Å². The zero-order valence-electron chi connectivity index (χ0n) is 8.03. The van der Waals surface area contributed by atoms with Crippen LogP contribution in [0, 0.1) is 0 Å². The summed E-state index contributed by atoms with van der Waals surface area (Å²) in [7, 11) is 0. The van der Waals surface area contributed by atoms with Crippen molar-refractivity contribution in [1.29, 1.82) is 0 Å². The predicted octanol–water partition coefficient (Wildman–Crippen LogP) is 0.845. The van der Waals surface area contributed by atoms with E-state index >= 15 is 0 Å². The first-order valence-corrected chi connectivity index (χ1v) is 4.62. The quantitative estimate of drug-likeness (QED) is 0.630. The molecule has 0 aromatic heterocycles. The van der Waals surface area contributed by atoms with Crippen molar-refractivity contribution in [2.24, 2.45) is 0 Å². The topological polar surface area (TPSA) is 36.9 Å². The van der Waals surface area contributed by atoms with Gasteiger partial charge in [0, 0.05) is 0 Å². The molecule has 4 nitrogen and oxygen atoms in total. The molecule has 2 aliphatic heterocycles. The molecule has 14 heavy (non-hydrogen) atoms. The Labute approximate surface area is 83.1 Å². The maximum Gasteiger partial charge on any atom is 0.248 e. The molecule has 0 saturated carbocycles. The van der Waals surface area contributed by atoms with Crippen LogP contribution < -0.4 is 0 Å². The number of hydrogen-bond donors (Lipinski definition) is 0. The van der Waals surface area contributed by atoms with Gasteiger partial charge in [0.2, 0.25) is 11.6 Å². The highest BCUT2D eigenvalue weighted by Crippen LogP contribution is 2.40. The normalized spacial score (nSPS) is 28.9. The van der Waals surface area contributed by atoms with Crippen LogP contribution >= 0.6 is 0 Å². The van der Waals surface area contributed by atoms with Crippen molar-refractivity contribution in [3.05, 3.63) is 25.3 Å². The van der Waals surface area contributed by atoms with Crippen molar-refractivity contribution in [2.45, 2.75) is 11.6 Å². The maximum absolute atomic E-state index is 5.51. The van der Waals surface area contributed by atoms with Crippen molar-refractivity contribution in [3.63, 3.8) is 0 Å². The first-order valence-electron chi connectivity index (χ1n) is 4.62. The van der Waals surface area contributed by atoms with Gasteiger partial charge in [-0.2, -0.15) is 0 Å². The van der Waals surface area contributed by atoms with Crippen molar-refractivity contribution in [3.8, 4) is 0 Å². The molecule has 2 saturated heterocycles. The van der Waals surface area contributed by atoms with Gasteiger partial charge in [-0.3, -0.25) is 0 Å². The Morgan fingerprint density at radius 1 is 0.714 bits per heavy atom. The fourth-order valence-corrected chi connectivity index (χ4v) is 1.78. The lowest BCUT2D eigenvalue weighted by molar-refractivity contribution is -0.298. The van der Waals surface area contributed by atoms with E-state index in [0.717, 1.165) is 0 Å². The maximum atomic E-state index is 5.51. The smallest absolute Gasteiger partial charge is 0.248 e. The van der Waals surface area contributed by atoms with E-state index in [1.165, 1.54) is 0 Å². The van der Waals surface area contributed by atoms with Crippen LogP contribution in [-0.4, -0.2) is 38.0 Å². The summed E-state index contributed by atoms with van der Waals surface area (Å²) in [6.07, 6.45) is 3.12. The fraction of sp³-hybridized carbons (Fsp3) is 0.600. The SMILES string of the molecule is C=CC1(C2(C=C)OCCO2)OCCO1. The van der Waals surface area contributed by atoms with Crippen LogP contribution in [0.1, 0.15) is 0 Å². The Morgan fingerprint density at radius 2 is 1.00 bits per heavy atom. The van der Waals surface area contributed by atoms with Gasteiger partial charge in [0.1, 0.15) is 0 Å². The average Bonchev–Trinajstić information content (AvgIpc) is 2.88. The molecule has 0 unspecified atom stereocenters. The Hall–Kier alpha value is -0.680. The summed E-state index contributed by atoms with van der Waals surface area (Å²) in [4.78, 5) is 0. The average molecular weight is 198 g/mol. The third-order valence-corrected chi connectivity index (χ3v) is 2.46. The second-order valence-electron chi connectivity index (χ2n) is 3.14. The third-order valence-electron chi connectivity index (χ3n) is 2.46. The molecular formula is C10H14O4. The molecule has 0 amide bonds. The Kier molecular flexibility index (Phi) is 2.45. The van der Waals surface area contributed by atoms with Crippen molar-refractivity contribution in [2.75, 3.05) is 26.4 Å². The van der Waals surface area contributed by atoms with Gasteiger partial charge in [0.15, 0.2) is 0 Å². The van der Waals surface area contributed by atoms with Crippen molar-refractivity contribution < 1.29 is 18.9 Å². The van der Waals surface area contributed by atoms with Crippen LogP contribution in [0.5, 0.6) is 0 Å². The van der Waals surface area contributed by atoms with Crippen LogP contribution in [-0.2, 0) is 18.9 Å². The molecule has 2 heterocycles. The van der Waals surface area contributed by atoms with Crippen LogP contribution in [0.4, 0.5) is 0 Å². The predicted molar refractivity (Wildman–Crippen MR) is 49.7 cm³/mol. The highest BCUT2D eigenvalue weighted by Gasteiger charge is 2.57. The molecule has 2 rings (SSSR count). The Bertz CT molecular complexity index is 211. The van der Waals surface area contributed by atoms with E-state index in [9.17, 15) is 0 Å². The highest BCUT2D eigenvalue weighted by molar-refractivity contribution is 5.12. The van der Waals surface area contributed by atoms with E-state index in [1.807, 2.05) is 0 Å². The van der Waals surface area contributed by atoms with Gasteiger partial charge >= 0.3 is 0 Å². The van der Waals surface area contributed by atoms with Gasteiger partial charge in [0.05, 0.1) is 26.4 Å². The van der Waals surface area contributed by atoms with E-state index in [4.69, 9.17) is 18.9 Å². The van der Waals surface area contributed by atoms with E-state index in [0.29, 0.717) is 26.4 Å². The minimum atomic E-state index is -1.04. The molecule has 2 fully saturated rings. The fourth-order valence-electron chi connectivity index (χ4n) is 1.78. The van der Waals surface area contributed by atoms with Crippen LogP contribution in [0.3, 0.4) is 0 Å². The molecule has 0 aliphatic carbocycles. The minimum absolute atomic E-state index is 0.508. The molecule has 0 aromatic rings. The molecular weight excluding hydrogens is 184 g/mol. The van der Waals surface area contributed by atoms with Gasteiger partial charge in [-0.05, 0) is 12.2 Å². The summed E-state index contributed by atoms with van der Waals surface area (Å²) in [6, 6.07) is 0. The molecule has 2 aliphatic rings. The summed E-state index contributed by atoms with van der Waals surface area (Å²) >= 11 is 0. The standard InChI is InChI=1S/C10H14O4/c1-3-9(11-5-6-12-9)10(4-2)13-7-8-14-10/h3-4H,1-2,5-8H2. The summed E-state index contributed by atoms with van der Waals surface area (Å²) in [5.41, 5.74) is 0. The van der Waals surface area contributed by atoms with Crippen LogP contribution in [0.2, 0.25) is 0 Å². The zero-order chi connectivity index (χ0) is 10.1. The number of rotatable bonds is 3. The summed E-state index contributed by atoms with van der Waals surface area (Å²) < 4.78 is 22.0. The summed E-state index contributed by atoms with van der Waals surface area (Å²) in [5.74, 6) is -2.07. The Morgan fingerprint density at radius 3 is 1.21 bits per heavy atom. The lowest BCUT2D eigenvalue weighted by Crippen LogP contribution is -2.53. The summed E-state index contributed by atoms with van der Waals surface area (Å²) in [5, 5.41) is 0. The summed E-state index contributed by atoms with van der Waals surface area (Å²) in [6.45, 7) is 9.42. The van der Waals surface area contributed by atoms with Gasteiger partial charge < -0.3 is 18.9 Å². The van der Waals surface area contributed by atoms with Gasteiger partial charge in [-0.25, -0.2) is 0 Å². The number of hydrogen-bond acceptors (Lipinski definition) is 4. The first-order chi connectivity index (χ1) is 6.79. The highest BCUT2D eigenvalue weighted by atomic mass is 16.8. The van der Waals surface area contributed by atoms with Gasteiger partial charge in [-0.15, -0.1) is 0 Å². The van der Waals surface area contributed by atoms with Crippen LogP contribution in [0.15, 0.2) is 25.3 Å². The Balaban J connectivity index is 2.32. The second kappa shape index (κ2) is 3.47. The minimum Gasteiger partial charge on any atom is -0.339 e. The molecule has 0 aromatic carbocycles. The molecule has 0 spiro atoms. The molecule has 0 atom stereocenters. The van der Waals surface area contributed by atoms with Crippen LogP contribution in [0.25, 0.3) is 0 Å². The molecule has 0 radical (unpaired) electrons. The van der Waals surface area contributed by atoms with E-state index in [2.05, 4.69) is 13.2 Å². The molecule has 4 heteroatoms. The first kappa shape index (κ1) is 9.86. The molecule has 0 bridgehead atoms. The van der Waals surface area contributed by atoms with E-state index in [-0.39, 0.29) is 0 Å². The lowest BCUT2D eigenvalue weighted by Gasteiger charge is -2.37. The second-order valence-corrected chi connectivity index (χ2v) is 3.14. The molecule has 78 valence electrons. The van der Waals surface area contributed by atoms with Gasteiger partial charge in [0.25, 0.3) is 0 Å². The molecule has 0 N–H and O–H groups in total.